The number of thioether (sulfide) groups is 1. The molecule has 2 aromatic carbocycles. The zero-order valence-corrected chi connectivity index (χ0v) is 56.0. The molecule has 4 aliphatic rings. The molecule has 0 aliphatic carbocycles. The van der Waals surface area contributed by atoms with Crippen LogP contribution < -0.4 is 20.7 Å². The normalized spacial score (nSPS) is 19.3. The van der Waals surface area contributed by atoms with Crippen molar-refractivity contribution < 1.29 is 76.8 Å². The van der Waals surface area contributed by atoms with E-state index in [1.54, 1.807) is 37.8 Å². The van der Waals surface area contributed by atoms with Gasteiger partial charge in [-0.15, -0.1) is 11.8 Å². The van der Waals surface area contributed by atoms with Gasteiger partial charge in [0.25, 0.3) is 11.8 Å². The lowest BCUT2D eigenvalue weighted by molar-refractivity contribution is -0.146. The van der Waals surface area contributed by atoms with Crippen molar-refractivity contribution in [3.8, 4) is 5.75 Å². The van der Waals surface area contributed by atoms with Crippen LogP contribution in [0.5, 0.6) is 5.75 Å². The van der Waals surface area contributed by atoms with E-state index in [-0.39, 0.29) is 127 Å². The molecule has 1 aromatic heterocycles. The number of pyridine rings is 1. The van der Waals surface area contributed by atoms with E-state index in [1.165, 1.54) is 48.4 Å². The van der Waals surface area contributed by atoms with Crippen molar-refractivity contribution in [3.63, 3.8) is 0 Å². The van der Waals surface area contributed by atoms with Crippen molar-refractivity contribution in [1.29, 1.82) is 0 Å². The average molecular weight is 1360 g/mol. The van der Waals surface area contributed by atoms with Gasteiger partial charge in [-0.05, 0) is 94.0 Å². The number of aryl methyl sites for hydroxylation is 2. The minimum atomic E-state index is -3.06. The van der Waals surface area contributed by atoms with E-state index >= 15 is 0 Å². The molecule has 0 radical (unpaired) electrons. The largest absolute Gasteiger partial charge is 0.494 e. The van der Waals surface area contributed by atoms with Crippen LogP contribution in [0.3, 0.4) is 0 Å². The van der Waals surface area contributed by atoms with Crippen molar-refractivity contribution in [2.45, 2.75) is 119 Å². The molecule has 526 valence electrons. The highest BCUT2D eigenvalue weighted by Gasteiger charge is 2.46. The smallest absolute Gasteiger partial charge is 0.317 e. The molecule has 29 heteroatoms. The molecular weight excluding hydrogens is 1270 g/mol. The number of carbonyl (C=O) groups excluding carboxylic acids is 7. The van der Waals surface area contributed by atoms with Gasteiger partial charge in [-0.2, -0.15) is 0 Å². The number of nitrogens with zero attached hydrogens (tertiary/aromatic N) is 9. The molecule has 6 N–H and O–H groups in total. The third-order valence-electron chi connectivity index (χ3n) is 17.8. The molecule has 26 nitrogen and oxygen atoms in total. The van der Waals surface area contributed by atoms with Crippen LogP contribution in [0.2, 0.25) is 0 Å². The Bertz CT molecular complexity index is 3150. The monoisotopic (exact) mass is 1360 g/mol. The molecule has 0 saturated carbocycles. The van der Waals surface area contributed by atoms with Crippen LogP contribution in [0, 0.1) is 12.8 Å². The summed E-state index contributed by atoms with van der Waals surface area (Å²) in [4.78, 5) is 148. The van der Waals surface area contributed by atoms with Crippen molar-refractivity contribution in [1.82, 2.24) is 55.2 Å². The summed E-state index contributed by atoms with van der Waals surface area (Å²) >= 11 is 1.29. The summed E-state index contributed by atoms with van der Waals surface area (Å²) in [5.41, 5.74) is 3.12. The molecule has 0 bridgehead atoms. The number of nitrogens with one attached hydrogen (secondary N) is 3. The van der Waals surface area contributed by atoms with Gasteiger partial charge >= 0.3 is 17.9 Å². The second kappa shape index (κ2) is 38.3. The van der Waals surface area contributed by atoms with E-state index in [2.05, 4.69) is 50.2 Å². The number of hydrogen-bond donors (Lipinski definition) is 6. The number of hydrogen-bond acceptors (Lipinski definition) is 18. The molecule has 4 saturated heterocycles. The average Bonchev–Trinajstić information content (AvgIpc) is 1.46. The van der Waals surface area contributed by atoms with E-state index in [4.69, 9.17) is 4.74 Å². The number of carboxylic acids is 3. The number of carbonyl (C=O) groups is 10. The van der Waals surface area contributed by atoms with E-state index in [9.17, 15) is 72.0 Å². The lowest BCUT2D eigenvalue weighted by Crippen LogP contribution is -2.50. The Balaban J connectivity index is 0.868. The summed E-state index contributed by atoms with van der Waals surface area (Å²) in [6.45, 7) is 3.17. The Morgan fingerprint density at radius 3 is 1.99 bits per heavy atom. The van der Waals surface area contributed by atoms with Crippen molar-refractivity contribution >= 4 is 88.1 Å². The lowest BCUT2D eigenvalue weighted by atomic mass is 9.91. The predicted octanol–water partition coefficient (Wildman–Crippen LogP) is 3.52. The third-order valence-corrected chi connectivity index (χ3v) is 19.3. The molecule has 3 aromatic rings. The summed E-state index contributed by atoms with van der Waals surface area (Å²) in [7, 11) is 1.44. The SMILES string of the molecule is CN=C[C@H]1CC(F)(F)CN1C(=O)CNC(=O)c1ccnc2ccc(OCCCCC3CCN(C(=O)CN4C(=O)CC(SC(CCCCCNC(=O)CCCc5ccc(C)cc5)CNC(=O)CN5CCN(CC(=O)O)CCN(CC(=O)O)CCN(CC(=O)O)CC5)C4=O)CC3)cc12. The first kappa shape index (κ1) is 75.6. The van der Waals surface area contributed by atoms with E-state index in [0.717, 1.165) is 61.2 Å². The van der Waals surface area contributed by atoms with Gasteiger partial charge < -0.3 is 45.8 Å². The topological polar surface area (TPSA) is 325 Å². The number of piperidine rings is 1. The Hall–Kier alpha value is -7.73. The number of rotatable bonds is 34. The van der Waals surface area contributed by atoms with Gasteiger partial charge in [0.2, 0.25) is 35.4 Å². The maximum Gasteiger partial charge on any atom is 0.317 e. The first-order valence-corrected chi connectivity index (χ1v) is 34.3. The Labute approximate surface area is 563 Å². The molecule has 3 atom stereocenters. The molecule has 0 spiro atoms. The zero-order valence-electron chi connectivity index (χ0n) is 55.1. The number of carboxylic acid groups (broad SMARTS) is 3. The number of alkyl halides is 2. The molecule has 2 unspecified atom stereocenters. The standard InChI is InChI=1S/C67H94F2N12O14S/c1-47-13-15-48(16-14-47)10-8-12-57(82)72-22-6-3-4-11-52(39-73-58(83)41-75-26-28-76(43-62(87)88)30-32-78(45-64(91)92)33-31-77(29-27-75)44-63(89)90)96-56-36-59(84)80(66(56)94)42-61(86)79-24-20-49(21-25-79)9-5-7-34-95-51-17-18-55-54(35-51)53(19-23-71-55)65(93)74-40-60(85)81-46-67(68,69)37-50(81)38-70-2/h13-19,23,35,38,49-50,52,56H,3-12,20-22,24-34,36-37,39-46H2,1-2H3,(H,72,82)(H,73,83)(H,74,93)(H,87,88)(H,89,90)(H,91,92)/t50-,52?,56?/m1/s1. The summed E-state index contributed by atoms with van der Waals surface area (Å²) in [5.74, 6) is -8.26. The molecule has 5 heterocycles. The summed E-state index contributed by atoms with van der Waals surface area (Å²) in [6, 6.07) is 14.1. The van der Waals surface area contributed by atoms with Gasteiger partial charge in [-0.3, -0.25) is 82.4 Å². The lowest BCUT2D eigenvalue weighted by Gasteiger charge is -2.33. The molecule has 7 rings (SSSR count). The number of unbranched alkanes of at least 4 members (excludes halogenated alkanes) is 3. The van der Waals surface area contributed by atoms with Gasteiger partial charge in [0.15, 0.2) is 0 Å². The van der Waals surface area contributed by atoms with Crippen molar-refractivity contribution in [2.75, 3.05) is 138 Å². The predicted molar refractivity (Wildman–Crippen MR) is 356 cm³/mol. The maximum atomic E-state index is 14.2. The highest BCUT2D eigenvalue weighted by Crippen LogP contribution is 2.33. The van der Waals surface area contributed by atoms with Crippen LogP contribution in [-0.2, 0) is 49.6 Å². The van der Waals surface area contributed by atoms with Crippen LogP contribution >= 0.6 is 11.8 Å². The summed E-state index contributed by atoms with van der Waals surface area (Å²) < 4.78 is 34.4. The Morgan fingerprint density at radius 2 is 1.36 bits per heavy atom. The van der Waals surface area contributed by atoms with E-state index in [1.807, 2.05) is 11.8 Å². The number of halogens is 2. The highest BCUT2D eigenvalue weighted by atomic mass is 32.2. The van der Waals surface area contributed by atoms with Crippen LogP contribution in [0.1, 0.15) is 105 Å². The second-order valence-corrected chi connectivity index (χ2v) is 26.9. The van der Waals surface area contributed by atoms with E-state index in [0.29, 0.717) is 74.5 Å². The Morgan fingerprint density at radius 1 is 0.729 bits per heavy atom. The van der Waals surface area contributed by atoms with Crippen LogP contribution in [-0.4, -0.2) is 281 Å². The van der Waals surface area contributed by atoms with Crippen LogP contribution in [0.4, 0.5) is 8.78 Å². The minimum Gasteiger partial charge on any atom is -0.494 e. The fourth-order valence-electron chi connectivity index (χ4n) is 12.5. The third kappa shape index (κ3) is 25.4. The van der Waals surface area contributed by atoms with Gasteiger partial charge in [0.1, 0.15) is 12.3 Å². The van der Waals surface area contributed by atoms with Gasteiger partial charge in [-0.25, -0.2) is 8.78 Å². The van der Waals surface area contributed by atoms with Crippen LogP contribution in [0.15, 0.2) is 59.7 Å². The zero-order chi connectivity index (χ0) is 69.2. The minimum absolute atomic E-state index is 0.0247. The Kier molecular flexibility index (Phi) is 30.2. The maximum absolute atomic E-state index is 14.2. The number of likely N-dealkylation sites (tertiary alicyclic amines) is 3. The molecule has 4 fully saturated rings. The quantitative estimate of drug-likeness (QED) is 0.0283. The van der Waals surface area contributed by atoms with Gasteiger partial charge in [0, 0.05) is 128 Å². The summed E-state index contributed by atoms with van der Waals surface area (Å²) in [6.07, 6.45) is 10.7. The first-order valence-electron chi connectivity index (χ1n) is 33.3. The number of benzene rings is 2. The molecular formula is C67H94F2N12O14S. The van der Waals surface area contributed by atoms with Crippen LogP contribution in [0.25, 0.3) is 10.9 Å². The number of imide groups is 1. The first-order chi connectivity index (χ1) is 46.0. The number of aromatic nitrogens is 1. The molecule has 4 aliphatic heterocycles. The fourth-order valence-corrected chi connectivity index (χ4v) is 13.9. The number of aliphatic carboxylic acids is 3. The van der Waals surface area contributed by atoms with Gasteiger partial charge in [-0.1, -0.05) is 49.1 Å². The number of amides is 7. The summed E-state index contributed by atoms with van der Waals surface area (Å²) in [5, 5.41) is 36.9. The fraction of sp³-hybridized carbons (Fsp3) is 0.612. The molecule has 7 amide bonds. The highest BCUT2D eigenvalue weighted by molar-refractivity contribution is 8.01. The van der Waals surface area contributed by atoms with E-state index < -0.39 is 78.3 Å². The number of aliphatic imine (C=N–C) groups is 1. The number of ether oxygens (including phenoxy) is 1. The molecule has 96 heavy (non-hydrogen) atoms. The van der Waals surface area contributed by atoms with Gasteiger partial charge in [0.05, 0.1) is 68.2 Å². The van der Waals surface area contributed by atoms with Crippen molar-refractivity contribution in [3.05, 3.63) is 71.4 Å². The number of fused-ring (bicyclic) bond motifs is 1. The van der Waals surface area contributed by atoms with Crippen molar-refractivity contribution in [2.24, 2.45) is 10.9 Å². The second-order valence-electron chi connectivity index (χ2n) is 25.3.